The van der Waals surface area contributed by atoms with Crippen molar-refractivity contribution < 1.29 is 27.9 Å². The van der Waals surface area contributed by atoms with Crippen molar-refractivity contribution in [2.75, 3.05) is 17.3 Å². The van der Waals surface area contributed by atoms with E-state index in [1.165, 1.54) is 0 Å². The average Bonchev–Trinajstić information content (AvgIpc) is 2.74. The highest BCUT2D eigenvalue weighted by Crippen LogP contribution is 2.28. The maximum atomic E-state index is 12.4. The highest BCUT2D eigenvalue weighted by atomic mass is 35.5. The fourth-order valence-corrected chi connectivity index (χ4v) is 3.90. The Labute approximate surface area is 196 Å². The third kappa shape index (κ3) is 7.34. The van der Waals surface area contributed by atoms with Crippen molar-refractivity contribution >= 4 is 39.0 Å². The molecule has 0 spiro atoms. The molecule has 0 bridgehead atoms. The van der Waals surface area contributed by atoms with E-state index in [4.69, 9.17) is 21.4 Å². The smallest absolute Gasteiger partial charge is 0.307 e. The molecule has 0 heterocycles. The molecule has 0 saturated heterocycles. The van der Waals surface area contributed by atoms with Crippen LogP contribution in [0.5, 0.6) is 11.5 Å². The van der Waals surface area contributed by atoms with E-state index in [1.807, 2.05) is 0 Å². The van der Waals surface area contributed by atoms with Crippen molar-refractivity contribution in [2.45, 2.75) is 12.8 Å². The predicted octanol–water partition coefficient (Wildman–Crippen LogP) is 4.60. The monoisotopic (exact) mass is 487 g/mol. The van der Waals surface area contributed by atoms with E-state index in [0.717, 1.165) is 6.26 Å². The molecule has 9 heteroatoms. The summed E-state index contributed by atoms with van der Waals surface area (Å²) < 4.78 is 29.1. The molecule has 172 valence electrons. The molecule has 1 amide bonds. The molecule has 0 aliphatic heterocycles. The fourth-order valence-electron chi connectivity index (χ4n) is 3.08. The number of amides is 1. The van der Waals surface area contributed by atoms with E-state index in [9.17, 15) is 18.0 Å². The van der Waals surface area contributed by atoms with Gasteiger partial charge >= 0.3 is 5.97 Å². The summed E-state index contributed by atoms with van der Waals surface area (Å²) in [6.07, 6.45) is 1.16. The molecule has 0 aliphatic rings. The molecule has 3 aromatic carbocycles. The van der Waals surface area contributed by atoms with Crippen LogP contribution < -0.4 is 10.1 Å². The van der Waals surface area contributed by atoms with Gasteiger partial charge in [0, 0.05) is 11.9 Å². The van der Waals surface area contributed by atoms with E-state index in [2.05, 4.69) is 5.32 Å². The maximum Gasteiger partial charge on any atom is 0.307 e. The summed E-state index contributed by atoms with van der Waals surface area (Å²) in [5.41, 5.74) is 2.05. The Morgan fingerprint density at radius 3 is 2.36 bits per heavy atom. The van der Waals surface area contributed by atoms with E-state index in [1.54, 1.807) is 66.7 Å². The van der Waals surface area contributed by atoms with Crippen LogP contribution in [-0.4, -0.2) is 37.4 Å². The number of carboxylic acids is 1. The number of anilines is 1. The van der Waals surface area contributed by atoms with Gasteiger partial charge in [-0.25, -0.2) is 8.42 Å². The van der Waals surface area contributed by atoms with Gasteiger partial charge in [-0.3, -0.25) is 9.59 Å². The lowest BCUT2D eigenvalue weighted by atomic mass is 10.1. The highest BCUT2D eigenvalue weighted by Gasteiger charge is 2.13. The van der Waals surface area contributed by atoms with Gasteiger partial charge in [-0.15, -0.1) is 0 Å². The number of carboxylic acid groups (broad SMARTS) is 1. The zero-order valence-electron chi connectivity index (χ0n) is 17.7. The van der Waals surface area contributed by atoms with E-state index < -0.39 is 15.8 Å². The van der Waals surface area contributed by atoms with Crippen molar-refractivity contribution in [1.82, 2.24) is 0 Å². The Morgan fingerprint density at radius 1 is 1.03 bits per heavy atom. The predicted molar refractivity (Wildman–Crippen MR) is 127 cm³/mol. The molecular weight excluding hydrogens is 466 g/mol. The van der Waals surface area contributed by atoms with Crippen LogP contribution >= 0.6 is 11.6 Å². The molecule has 0 radical (unpaired) electrons. The van der Waals surface area contributed by atoms with Gasteiger partial charge in [-0.1, -0.05) is 35.9 Å². The van der Waals surface area contributed by atoms with Crippen LogP contribution in [-0.2, 0) is 27.5 Å². The first-order valence-electron chi connectivity index (χ1n) is 9.96. The molecule has 0 aliphatic carbocycles. The normalized spacial score (nSPS) is 11.1. The Morgan fingerprint density at radius 2 is 1.73 bits per heavy atom. The summed E-state index contributed by atoms with van der Waals surface area (Å²) in [5, 5.41) is 12.1. The molecule has 0 unspecified atom stereocenters. The minimum Gasteiger partial charge on any atom is -0.481 e. The number of sulfone groups is 1. The van der Waals surface area contributed by atoms with Crippen molar-refractivity contribution in [3.05, 3.63) is 88.4 Å². The second kappa shape index (κ2) is 10.5. The van der Waals surface area contributed by atoms with Gasteiger partial charge in [0.2, 0.25) is 0 Å². The van der Waals surface area contributed by atoms with Gasteiger partial charge in [0.1, 0.15) is 21.3 Å². The second-order valence-corrected chi connectivity index (χ2v) is 10.1. The quantitative estimate of drug-likeness (QED) is 0.456. The van der Waals surface area contributed by atoms with E-state index in [0.29, 0.717) is 38.9 Å². The number of aryl methyl sites for hydroxylation is 1. The van der Waals surface area contributed by atoms with Gasteiger partial charge in [-0.05, 0) is 60.0 Å². The summed E-state index contributed by atoms with van der Waals surface area (Å²) >= 11 is 6.06. The highest BCUT2D eigenvalue weighted by molar-refractivity contribution is 7.90. The molecule has 0 aromatic heterocycles. The van der Waals surface area contributed by atoms with Crippen LogP contribution in [0.1, 0.15) is 21.5 Å². The lowest BCUT2D eigenvalue weighted by Crippen LogP contribution is -2.12. The van der Waals surface area contributed by atoms with Crippen LogP contribution in [0, 0.1) is 0 Å². The number of rotatable bonds is 9. The topological polar surface area (TPSA) is 110 Å². The van der Waals surface area contributed by atoms with Gasteiger partial charge < -0.3 is 15.2 Å². The Bertz CT molecular complexity index is 1270. The summed E-state index contributed by atoms with van der Waals surface area (Å²) in [6.45, 7) is 0. The molecule has 7 nitrogen and oxygen atoms in total. The lowest BCUT2D eigenvalue weighted by Gasteiger charge is -2.13. The molecule has 3 rings (SSSR count). The number of benzene rings is 3. The maximum absolute atomic E-state index is 12.4. The van der Waals surface area contributed by atoms with Crippen molar-refractivity contribution in [3.63, 3.8) is 0 Å². The van der Waals surface area contributed by atoms with Gasteiger partial charge in [-0.2, -0.15) is 0 Å². The van der Waals surface area contributed by atoms with E-state index >= 15 is 0 Å². The summed E-state index contributed by atoms with van der Waals surface area (Å²) in [5.74, 6) is -0.510. The first kappa shape index (κ1) is 24.3. The minimum absolute atomic E-state index is 0.0904. The van der Waals surface area contributed by atoms with Gasteiger partial charge in [0.05, 0.1) is 22.8 Å². The third-order valence-electron chi connectivity index (χ3n) is 4.68. The second-order valence-electron chi connectivity index (χ2n) is 7.45. The lowest BCUT2D eigenvalue weighted by molar-refractivity contribution is -0.136. The van der Waals surface area contributed by atoms with Crippen LogP contribution in [0.15, 0.2) is 66.7 Å². The van der Waals surface area contributed by atoms with Crippen LogP contribution in [0.3, 0.4) is 0 Å². The third-order valence-corrected chi connectivity index (χ3v) is 5.96. The minimum atomic E-state index is -3.21. The summed E-state index contributed by atoms with van der Waals surface area (Å²) in [6, 6.07) is 18.3. The number of hydrogen-bond donors (Lipinski definition) is 2. The molecule has 0 saturated carbocycles. The van der Waals surface area contributed by atoms with Crippen molar-refractivity contribution in [1.29, 1.82) is 0 Å². The number of carbonyl (C=O) groups excluding carboxylic acids is 1. The molecule has 3 aromatic rings. The first-order chi connectivity index (χ1) is 15.6. The number of aliphatic carboxylic acids is 1. The first-order valence-corrected chi connectivity index (χ1v) is 12.4. The molecule has 0 fully saturated rings. The largest absolute Gasteiger partial charge is 0.481 e. The van der Waals surface area contributed by atoms with Gasteiger partial charge in [0.15, 0.2) is 0 Å². The SMILES string of the molecule is CS(=O)(=O)CCc1cc(CC(=O)O)ccc1Oc1ccc(NC(=O)c2ccccc2Cl)cc1. The molecule has 2 N–H and O–H groups in total. The van der Waals surface area contributed by atoms with Gasteiger partial charge in [0.25, 0.3) is 5.91 Å². The number of carbonyl (C=O) groups is 2. The summed E-state index contributed by atoms with van der Waals surface area (Å²) in [4.78, 5) is 23.4. The average molecular weight is 488 g/mol. The van der Waals surface area contributed by atoms with Crippen molar-refractivity contribution in [2.24, 2.45) is 0 Å². The number of nitrogens with one attached hydrogen (secondary N) is 1. The zero-order chi connectivity index (χ0) is 24.0. The number of hydrogen-bond acceptors (Lipinski definition) is 5. The van der Waals surface area contributed by atoms with Crippen LogP contribution in [0.2, 0.25) is 5.02 Å². The summed E-state index contributed by atoms with van der Waals surface area (Å²) in [7, 11) is -3.21. The molecule has 33 heavy (non-hydrogen) atoms. The zero-order valence-corrected chi connectivity index (χ0v) is 19.3. The van der Waals surface area contributed by atoms with E-state index in [-0.39, 0.29) is 24.5 Å². The number of halogens is 1. The van der Waals surface area contributed by atoms with Crippen LogP contribution in [0.4, 0.5) is 5.69 Å². The Hall–Kier alpha value is -3.36. The molecular formula is C24H22ClNO6S. The molecule has 0 atom stereocenters. The van der Waals surface area contributed by atoms with Crippen molar-refractivity contribution in [3.8, 4) is 11.5 Å². The Balaban J connectivity index is 1.76. The number of ether oxygens (including phenoxy) is 1. The van der Waals surface area contributed by atoms with Crippen LogP contribution in [0.25, 0.3) is 0 Å². The standard InChI is InChI=1S/C24H22ClNO6S/c1-33(30,31)13-12-17-14-16(15-23(27)28)6-11-22(17)32-19-9-7-18(8-10-19)26-24(29)20-4-2-3-5-21(20)25/h2-11,14H,12-13,15H2,1H3,(H,26,29)(H,27,28). The fraction of sp³-hybridized carbons (Fsp3) is 0.167. The Kier molecular flexibility index (Phi) is 7.73.